The summed E-state index contributed by atoms with van der Waals surface area (Å²) in [6.45, 7) is 5.01. The molecule has 1 heterocycles. The molecule has 0 N–H and O–H groups in total. The zero-order chi connectivity index (χ0) is 24.4. The minimum absolute atomic E-state index is 0. The maximum atomic E-state index is 14.2. The van der Waals surface area contributed by atoms with Gasteiger partial charge in [-0.15, -0.1) is 12.4 Å². The van der Waals surface area contributed by atoms with Crippen LogP contribution in [0.4, 0.5) is 0 Å². The van der Waals surface area contributed by atoms with Crippen molar-refractivity contribution in [1.29, 1.82) is 0 Å². The second-order valence-electron chi connectivity index (χ2n) is 9.84. The summed E-state index contributed by atoms with van der Waals surface area (Å²) in [7, 11) is 1.92. The van der Waals surface area contributed by atoms with Gasteiger partial charge in [-0.3, -0.25) is 14.6 Å². The Labute approximate surface area is 230 Å². The molecule has 0 spiro atoms. The molecule has 5 rings (SSSR count). The monoisotopic (exact) mass is 543 g/mol. The van der Waals surface area contributed by atoms with Gasteiger partial charge in [-0.2, -0.15) is 0 Å². The Bertz CT molecular complexity index is 1180. The molecule has 1 fully saturated rings. The Morgan fingerprint density at radius 3 is 1.97 bits per heavy atom. The smallest absolute Gasteiger partial charge is 0.243 e. The maximum absolute atomic E-state index is 14.2. The van der Waals surface area contributed by atoms with Crippen molar-refractivity contribution in [3.63, 3.8) is 0 Å². The number of piperazine rings is 1. The van der Waals surface area contributed by atoms with E-state index >= 15 is 0 Å². The van der Waals surface area contributed by atoms with E-state index in [2.05, 4.69) is 40.1 Å². The van der Waals surface area contributed by atoms with E-state index in [4.69, 9.17) is 23.2 Å². The van der Waals surface area contributed by atoms with Crippen LogP contribution < -0.4 is 0 Å². The Kier molecular flexibility index (Phi) is 8.64. The first-order chi connectivity index (χ1) is 16.9. The third-order valence-electron chi connectivity index (χ3n) is 7.41. The largest absolute Gasteiger partial charge is 0.340 e. The minimum Gasteiger partial charge on any atom is -0.340 e. The van der Waals surface area contributed by atoms with Crippen LogP contribution in [-0.4, -0.2) is 59.4 Å². The summed E-state index contributed by atoms with van der Waals surface area (Å²) in [6, 6.07) is 24.4. The van der Waals surface area contributed by atoms with Crippen LogP contribution in [0.5, 0.6) is 0 Å². The molecule has 7 heteroatoms. The number of halogens is 3. The second-order valence-corrected chi connectivity index (χ2v) is 10.7. The number of rotatable bonds is 6. The molecule has 1 aliphatic heterocycles. The predicted molar refractivity (Wildman–Crippen MR) is 150 cm³/mol. The van der Waals surface area contributed by atoms with Gasteiger partial charge < -0.3 is 4.90 Å². The molecule has 1 amide bonds. The van der Waals surface area contributed by atoms with Crippen LogP contribution >= 0.6 is 35.6 Å². The topological polar surface area (TPSA) is 26.8 Å². The van der Waals surface area contributed by atoms with Crippen molar-refractivity contribution in [2.45, 2.75) is 31.5 Å². The number of fused-ring (bicyclic) bond motifs is 1. The summed E-state index contributed by atoms with van der Waals surface area (Å²) in [5.41, 5.74) is 4.31. The molecule has 0 radical (unpaired) electrons. The molecule has 0 aromatic heterocycles. The van der Waals surface area contributed by atoms with Crippen LogP contribution in [0.25, 0.3) is 0 Å². The lowest BCUT2D eigenvalue weighted by atomic mass is 9.90. The van der Waals surface area contributed by atoms with Crippen molar-refractivity contribution in [1.82, 2.24) is 14.7 Å². The maximum Gasteiger partial charge on any atom is 0.243 e. The van der Waals surface area contributed by atoms with E-state index in [1.54, 1.807) is 0 Å². The van der Waals surface area contributed by atoms with Gasteiger partial charge in [-0.05, 0) is 46.5 Å². The van der Waals surface area contributed by atoms with E-state index in [9.17, 15) is 4.79 Å². The third-order valence-corrected chi connectivity index (χ3v) is 7.88. The average molecular weight is 545 g/mol. The quantitative estimate of drug-likeness (QED) is 0.397. The van der Waals surface area contributed by atoms with Crippen molar-refractivity contribution in [3.05, 3.63) is 105 Å². The van der Waals surface area contributed by atoms with Crippen molar-refractivity contribution >= 4 is 41.5 Å². The number of carbonyl (C=O) groups is 1. The molecule has 4 nitrogen and oxygen atoms in total. The second kappa shape index (κ2) is 11.5. The average Bonchev–Trinajstić information content (AvgIpc) is 3.25. The lowest BCUT2D eigenvalue weighted by molar-refractivity contribution is -0.145. The fourth-order valence-electron chi connectivity index (χ4n) is 5.67. The van der Waals surface area contributed by atoms with E-state index in [0.717, 1.165) is 56.2 Å². The lowest BCUT2D eigenvalue weighted by Crippen LogP contribution is -2.64. The summed E-state index contributed by atoms with van der Waals surface area (Å²) >= 11 is 12.4. The molecule has 1 saturated heterocycles. The Morgan fingerprint density at radius 1 is 0.833 bits per heavy atom. The number of carbonyl (C=O) groups excluding carboxylic acids is 1. The molecule has 0 unspecified atom stereocenters. The fourth-order valence-corrected chi connectivity index (χ4v) is 6.09. The Hall–Kier alpha value is -2.08. The van der Waals surface area contributed by atoms with Gasteiger partial charge in [0.25, 0.3) is 0 Å². The van der Waals surface area contributed by atoms with Crippen LogP contribution in [0, 0.1) is 0 Å². The zero-order valence-electron chi connectivity index (χ0n) is 20.5. The standard InChI is InChI=1S/C29H31Cl2N3O.ClH/c1-32(20-22-6-4-10-26(30)16-22)28(35)29(18-24-8-2-3-9-25(24)19-29)34-14-12-33(13-15-34)21-23-7-5-11-27(31)17-23;/h2-11,16-17H,12-15,18-21H2,1H3;1H. The molecular weight excluding hydrogens is 513 g/mol. The molecule has 3 aromatic rings. The van der Waals surface area contributed by atoms with Crippen LogP contribution in [-0.2, 0) is 30.7 Å². The molecule has 0 saturated carbocycles. The molecule has 3 aromatic carbocycles. The van der Waals surface area contributed by atoms with E-state index in [1.165, 1.54) is 16.7 Å². The lowest BCUT2D eigenvalue weighted by Gasteiger charge is -2.46. The number of benzene rings is 3. The zero-order valence-corrected chi connectivity index (χ0v) is 22.8. The first kappa shape index (κ1) is 27.0. The van der Waals surface area contributed by atoms with E-state index in [1.807, 2.05) is 54.4 Å². The van der Waals surface area contributed by atoms with Gasteiger partial charge in [0.05, 0.1) is 0 Å². The van der Waals surface area contributed by atoms with Gasteiger partial charge in [-0.25, -0.2) is 0 Å². The van der Waals surface area contributed by atoms with Crippen LogP contribution in [0.3, 0.4) is 0 Å². The highest BCUT2D eigenvalue weighted by Gasteiger charge is 2.50. The molecule has 36 heavy (non-hydrogen) atoms. The van der Waals surface area contributed by atoms with Crippen LogP contribution in [0.2, 0.25) is 10.0 Å². The van der Waals surface area contributed by atoms with Crippen molar-refractivity contribution in [2.24, 2.45) is 0 Å². The first-order valence-corrected chi connectivity index (χ1v) is 13.0. The number of hydrogen-bond acceptors (Lipinski definition) is 3. The van der Waals surface area contributed by atoms with Gasteiger partial charge >= 0.3 is 0 Å². The van der Waals surface area contributed by atoms with Gasteiger partial charge in [0.15, 0.2) is 0 Å². The van der Waals surface area contributed by atoms with Crippen LogP contribution in [0.1, 0.15) is 22.3 Å². The van der Waals surface area contributed by atoms with Gasteiger partial charge in [0.2, 0.25) is 5.91 Å². The number of likely N-dealkylation sites (N-methyl/N-ethyl adjacent to an activating group) is 1. The van der Waals surface area contributed by atoms with Gasteiger partial charge in [0.1, 0.15) is 5.54 Å². The highest BCUT2D eigenvalue weighted by molar-refractivity contribution is 6.30. The minimum atomic E-state index is -0.543. The van der Waals surface area contributed by atoms with Gasteiger partial charge in [0, 0.05) is 69.2 Å². The summed E-state index contributed by atoms with van der Waals surface area (Å²) < 4.78 is 0. The van der Waals surface area contributed by atoms with Crippen molar-refractivity contribution in [2.75, 3.05) is 33.2 Å². The highest BCUT2D eigenvalue weighted by atomic mass is 35.5. The summed E-state index contributed by atoms with van der Waals surface area (Å²) in [4.78, 5) is 20.9. The number of hydrogen-bond donors (Lipinski definition) is 0. The molecular formula is C29H32Cl3N3O. The van der Waals surface area contributed by atoms with Crippen molar-refractivity contribution < 1.29 is 4.79 Å². The van der Waals surface area contributed by atoms with Crippen molar-refractivity contribution in [3.8, 4) is 0 Å². The first-order valence-electron chi connectivity index (χ1n) is 12.2. The SMILES string of the molecule is CN(Cc1cccc(Cl)c1)C(=O)C1(N2CCN(Cc3cccc(Cl)c3)CC2)Cc2ccccc2C1.Cl. The Morgan fingerprint density at radius 2 is 1.39 bits per heavy atom. The summed E-state index contributed by atoms with van der Waals surface area (Å²) in [6.07, 6.45) is 1.52. The van der Waals surface area contributed by atoms with E-state index in [-0.39, 0.29) is 18.3 Å². The predicted octanol–water partition coefficient (Wildman–Crippen LogP) is 5.73. The molecule has 190 valence electrons. The normalized spacial score (nSPS) is 17.3. The summed E-state index contributed by atoms with van der Waals surface area (Å²) in [5.74, 6) is 0.192. The molecule has 2 aliphatic rings. The number of nitrogens with zero attached hydrogens (tertiary/aromatic N) is 3. The summed E-state index contributed by atoms with van der Waals surface area (Å²) in [5, 5.41) is 1.47. The third kappa shape index (κ3) is 5.74. The number of amides is 1. The molecule has 0 bridgehead atoms. The van der Waals surface area contributed by atoms with E-state index < -0.39 is 5.54 Å². The highest BCUT2D eigenvalue weighted by Crippen LogP contribution is 2.37. The van der Waals surface area contributed by atoms with E-state index in [0.29, 0.717) is 11.6 Å². The fraction of sp³-hybridized carbons (Fsp3) is 0.345. The Balaban J connectivity index is 0.00000304. The molecule has 1 aliphatic carbocycles. The van der Waals surface area contributed by atoms with Crippen LogP contribution in [0.15, 0.2) is 72.8 Å². The molecule has 0 atom stereocenters. The van der Waals surface area contributed by atoms with Gasteiger partial charge in [-0.1, -0.05) is 71.7 Å².